The molecule has 0 unspecified atom stereocenters. The van der Waals surface area contributed by atoms with Gasteiger partial charge in [-0.3, -0.25) is 4.79 Å². The second-order valence-corrected chi connectivity index (χ2v) is 7.78. The van der Waals surface area contributed by atoms with Gasteiger partial charge < -0.3 is 19.4 Å². The summed E-state index contributed by atoms with van der Waals surface area (Å²) in [5, 5.41) is 3.03. The molecule has 0 aliphatic carbocycles. The molecule has 1 amide bonds. The molecular formula is C27H29N3O3. The number of para-hydroxylation sites is 2. The van der Waals surface area contributed by atoms with Crippen molar-refractivity contribution in [2.75, 3.05) is 20.3 Å². The van der Waals surface area contributed by atoms with Gasteiger partial charge in [-0.2, -0.15) is 0 Å². The number of ether oxygens (including phenoxy) is 2. The average Bonchev–Trinajstić information content (AvgIpc) is 3.21. The fourth-order valence-electron chi connectivity index (χ4n) is 3.80. The molecular weight excluding hydrogens is 414 g/mol. The van der Waals surface area contributed by atoms with Crippen molar-refractivity contribution in [3.8, 4) is 11.5 Å². The lowest BCUT2D eigenvalue weighted by atomic mass is 10.1. The molecule has 6 heteroatoms. The van der Waals surface area contributed by atoms with E-state index >= 15 is 0 Å². The number of nitrogens with one attached hydrogen (secondary N) is 1. The smallest absolute Gasteiger partial charge is 0.220 e. The maximum absolute atomic E-state index is 12.3. The van der Waals surface area contributed by atoms with Gasteiger partial charge in [-0.25, -0.2) is 4.98 Å². The number of fused-ring (bicyclic) bond motifs is 1. The highest BCUT2D eigenvalue weighted by molar-refractivity contribution is 5.77. The van der Waals surface area contributed by atoms with E-state index in [1.54, 1.807) is 7.11 Å². The minimum absolute atomic E-state index is 0.0596. The van der Waals surface area contributed by atoms with Crippen LogP contribution in [-0.4, -0.2) is 35.7 Å². The first-order valence-corrected chi connectivity index (χ1v) is 11.2. The van der Waals surface area contributed by atoms with Crippen molar-refractivity contribution in [1.29, 1.82) is 0 Å². The largest absolute Gasteiger partial charge is 0.497 e. The number of aryl methyl sites for hydroxylation is 1. The third kappa shape index (κ3) is 6.13. The fraction of sp³-hybridized carbons (Fsp3) is 0.259. The summed E-state index contributed by atoms with van der Waals surface area (Å²) < 4.78 is 13.3. The summed E-state index contributed by atoms with van der Waals surface area (Å²) in [6.07, 6.45) is 1.89. The number of benzene rings is 3. The molecule has 0 aliphatic rings. The van der Waals surface area contributed by atoms with E-state index < -0.39 is 0 Å². The van der Waals surface area contributed by atoms with Crippen LogP contribution in [0, 0.1) is 0 Å². The zero-order valence-corrected chi connectivity index (χ0v) is 18.9. The van der Waals surface area contributed by atoms with E-state index in [-0.39, 0.29) is 5.91 Å². The van der Waals surface area contributed by atoms with Gasteiger partial charge in [0.2, 0.25) is 5.91 Å². The molecule has 1 aromatic heterocycles. The van der Waals surface area contributed by atoms with Gasteiger partial charge in [-0.1, -0.05) is 42.5 Å². The van der Waals surface area contributed by atoms with E-state index in [1.165, 1.54) is 5.56 Å². The highest BCUT2D eigenvalue weighted by Gasteiger charge is 2.11. The number of rotatable bonds is 11. The Balaban J connectivity index is 1.32. The number of hydrogen-bond donors (Lipinski definition) is 1. The minimum atomic E-state index is 0.0596. The molecule has 1 N–H and O–H groups in total. The average molecular weight is 444 g/mol. The zero-order chi connectivity index (χ0) is 22.9. The molecule has 4 aromatic rings. The quantitative estimate of drug-likeness (QED) is 0.373. The summed E-state index contributed by atoms with van der Waals surface area (Å²) in [5.41, 5.74) is 3.19. The van der Waals surface area contributed by atoms with Crippen LogP contribution in [0.25, 0.3) is 11.0 Å². The molecule has 6 nitrogen and oxygen atoms in total. The van der Waals surface area contributed by atoms with Crippen molar-refractivity contribution in [3.05, 3.63) is 90.3 Å². The topological polar surface area (TPSA) is 65.4 Å². The molecule has 0 saturated carbocycles. The first-order valence-electron chi connectivity index (χ1n) is 11.2. The van der Waals surface area contributed by atoms with Gasteiger partial charge in [0.1, 0.15) is 23.9 Å². The molecule has 3 aromatic carbocycles. The van der Waals surface area contributed by atoms with Gasteiger partial charge in [0.25, 0.3) is 0 Å². The van der Waals surface area contributed by atoms with Crippen molar-refractivity contribution in [3.63, 3.8) is 0 Å². The van der Waals surface area contributed by atoms with Crippen LogP contribution in [0.3, 0.4) is 0 Å². The number of imidazole rings is 1. The van der Waals surface area contributed by atoms with Gasteiger partial charge in [0, 0.05) is 19.4 Å². The highest BCUT2D eigenvalue weighted by atomic mass is 16.5. The molecule has 0 fully saturated rings. The molecule has 0 aliphatic heterocycles. The van der Waals surface area contributed by atoms with Gasteiger partial charge in [0.15, 0.2) is 0 Å². The molecule has 0 spiro atoms. The van der Waals surface area contributed by atoms with Gasteiger partial charge in [0.05, 0.1) is 24.7 Å². The Morgan fingerprint density at radius 2 is 1.64 bits per heavy atom. The summed E-state index contributed by atoms with van der Waals surface area (Å²) in [6.45, 7) is 1.74. The predicted octanol–water partition coefficient (Wildman–Crippen LogP) is 4.42. The number of amides is 1. The Labute approximate surface area is 194 Å². The van der Waals surface area contributed by atoms with Crippen LogP contribution >= 0.6 is 0 Å². The Bertz CT molecular complexity index is 1170. The second-order valence-electron chi connectivity index (χ2n) is 7.78. The van der Waals surface area contributed by atoms with E-state index in [0.29, 0.717) is 32.5 Å². The summed E-state index contributed by atoms with van der Waals surface area (Å²) in [6, 6.07) is 25.7. The summed E-state index contributed by atoms with van der Waals surface area (Å²) in [7, 11) is 1.65. The SMILES string of the molecule is COc1ccc(OCCn2c(CCNC(=O)CCc3ccccc3)nc3ccccc32)cc1. The standard InChI is InChI=1S/C27H29N3O3/c1-32-22-12-14-23(15-13-22)33-20-19-30-25-10-6-5-9-24(25)29-26(30)17-18-28-27(31)16-11-21-7-3-2-4-8-21/h2-10,12-15H,11,16-20H2,1H3,(H,28,31). The van der Waals surface area contributed by atoms with Crippen LogP contribution in [-0.2, 0) is 24.2 Å². The molecule has 0 bridgehead atoms. The lowest BCUT2D eigenvalue weighted by Crippen LogP contribution is -2.27. The lowest BCUT2D eigenvalue weighted by Gasteiger charge is -2.12. The molecule has 1 heterocycles. The molecule has 4 rings (SSSR count). The number of nitrogens with zero attached hydrogens (tertiary/aromatic N) is 2. The summed E-state index contributed by atoms with van der Waals surface area (Å²) in [4.78, 5) is 17.1. The molecule has 0 saturated heterocycles. The van der Waals surface area contributed by atoms with Crippen molar-refractivity contribution < 1.29 is 14.3 Å². The molecule has 0 atom stereocenters. The van der Waals surface area contributed by atoms with Crippen molar-refractivity contribution in [1.82, 2.24) is 14.9 Å². The van der Waals surface area contributed by atoms with E-state index in [1.807, 2.05) is 72.8 Å². The Kier molecular flexibility index (Phi) is 7.59. The van der Waals surface area contributed by atoms with Crippen LogP contribution in [0.15, 0.2) is 78.9 Å². The normalized spacial score (nSPS) is 10.8. The highest BCUT2D eigenvalue weighted by Crippen LogP contribution is 2.19. The van der Waals surface area contributed by atoms with E-state index in [4.69, 9.17) is 14.5 Å². The van der Waals surface area contributed by atoms with Gasteiger partial charge in [-0.05, 0) is 48.4 Å². The number of carbonyl (C=O) groups is 1. The lowest BCUT2D eigenvalue weighted by molar-refractivity contribution is -0.121. The third-order valence-corrected chi connectivity index (χ3v) is 5.53. The monoisotopic (exact) mass is 443 g/mol. The third-order valence-electron chi connectivity index (χ3n) is 5.53. The Morgan fingerprint density at radius 1 is 0.909 bits per heavy atom. The Hall–Kier alpha value is -3.80. The first kappa shape index (κ1) is 22.4. The van der Waals surface area contributed by atoms with Crippen LogP contribution in [0.1, 0.15) is 17.8 Å². The molecule has 170 valence electrons. The summed E-state index contributed by atoms with van der Waals surface area (Å²) >= 11 is 0. The van der Waals surface area contributed by atoms with Crippen LogP contribution in [0.5, 0.6) is 11.5 Å². The van der Waals surface area contributed by atoms with Crippen molar-refractivity contribution in [2.24, 2.45) is 0 Å². The summed E-state index contributed by atoms with van der Waals surface area (Å²) in [5.74, 6) is 2.60. The van der Waals surface area contributed by atoms with Crippen LogP contribution < -0.4 is 14.8 Å². The number of aromatic nitrogens is 2. The second kappa shape index (κ2) is 11.2. The zero-order valence-electron chi connectivity index (χ0n) is 18.9. The number of hydrogen-bond acceptors (Lipinski definition) is 4. The minimum Gasteiger partial charge on any atom is -0.497 e. The van der Waals surface area contributed by atoms with Gasteiger partial charge in [-0.15, -0.1) is 0 Å². The van der Waals surface area contributed by atoms with E-state index in [9.17, 15) is 4.79 Å². The predicted molar refractivity (Wildman–Crippen MR) is 130 cm³/mol. The van der Waals surface area contributed by atoms with E-state index in [2.05, 4.69) is 16.0 Å². The van der Waals surface area contributed by atoms with E-state index in [0.717, 1.165) is 34.8 Å². The van der Waals surface area contributed by atoms with Crippen molar-refractivity contribution >= 4 is 16.9 Å². The van der Waals surface area contributed by atoms with Crippen LogP contribution in [0.4, 0.5) is 0 Å². The first-order chi connectivity index (χ1) is 16.2. The molecule has 0 radical (unpaired) electrons. The maximum Gasteiger partial charge on any atom is 0.220 e. The molecule has 33 heavy (non-hydrogen) atoms. The number of methoxy groups -OCH3 is 1. The van der Waals surface area contributed by atoms with Gasteiger partial charge >= 0.3 is 0 Å². The Morgan fingerprint density at radius 3 is 2.42 bits per heavy atom. The fourth-order valence-corrected chi connectivity index (χ4v) is 3.80. The maximum atomic E-state index is 12.3. The number of carbonyl (C=O) groups excluding carboxylic acids is 1. The van der Waals surface area contributed by atoms with Crippen LogP contribution in [0.2, 0.25) is 0 Å². The van der Waals surface area contributed by atoms with Crippen molar-refractivity contribution in [2.45, 2.75) is 25.8 Å².